The number of Topliss-reactive ketones (excluding diaryl/α,β-unsaturated/α-hetero) is 1. The number of fused-ring (bicyclic) bond motifs is 2. The minimum Gasteiger partial charge on any atom is -0.493 e. The van der Waals surface area contributed by atoms with Gasteiger partial charge in [-0.05, 0) is 63.3 Å². The lowest BCUT2D eigenvalue weighted by Gasteiger charge is -2.24. The van der Waals surface area contributed by atoms with Crippen LogP contribution >= 0.6 is 27.5 Å². The van der Waals surface area contributed by atoms with E-state index < -0.39 is 0 Å². The number of aromatic nitrogens is 1. The Bertz CT molecular complexity index is 1080. The number of ketones is 1. The highest BCUT2D eigenvalue weighted by atomic mass is 79.9. The smallest absolute Gasteiger partial charge is 0.171 e. The Balaban J connectivity index is 1.69. The Hall–Kier alpha value is -1.82. The summed E-state index contributed by atoms with van der Waals surface area (Å²) in [6.45, 7) is 3.39. The van der Waals surface area contributed by atoms with Gasteiger partial charge in [0.1, 0.15) is 5.75 Å². The van der Waals surface area contributed by atoms with Gasteiger partial charge in [0.05, 0.1) is 12.5 Å². The van der Waals surface area contributed by atoms with Gasteiger partial charge in [0.15, 0.2) is 5.78 Å². The molecule has 0 N–H and O–H groups in total. The van der Waals surface area contributed by atoms with Gasteiger partial charge < -0.3 is 14.2 Å². The largest absolute Gasteiger partial charge is 0.493 e. The standard InChI is InChI=1S/C23H24BrClN2O2/c1-14(26(2)3)11-27-12-20(19-6-4-17(24)10-21(19)27)23(28)16-8-15-9-18(25)5-7-22(15)29-13-16/h4-7,9-10,12,14,16H,8,11,13H2,1-3H3/t14-,16?/m0/s1. The third kappa shape index (κ3) is 4.09. The van der Waals surface area contributed by atoms with E-state index >= 15 is 0 Å². The second-order valence-electron chi connectivity index (χ2n) is 8.00. The molecule has 1 unspecified atom stereocenters. The van der Waals surface area contributed by atoms with Crippen molar-refractivity contribution in [3.05, 3.63) is 63.2 Å². The Morgan fingerprint density at radius 1 is 1.31 bits per heavy atom. The third-order valence-electron chi connectivity index (χ3n) is 5.75. The van der Waals surface area contributed by atoms with E-state index in [0.29, 0.717) is 24.1 Å². The monoisotopic (exact) mass is 474 g/mol. The first-order valence-electron chi connectivity index (χ1n) is 9.73. The topological polar surface area (TPSA) is 34.5 Å². The molecule has 4 nitrogen and oxygen atoms in total. The van der Waals surface area contributed by atoms with Gasteiger partial charge in [0.25, 0.3) is 0 Å². The summed E-state index contributed by atoms with van der Waals surface area (Å²) < 4.78 is 9.06. The van der Waals surface area contributed by atoms with Crippen LogP contribution in [0.3, 0.4) is 0 Å². The third-order valence-corrected chi connectivity index (χ3v) is 6.48. The first kappa shape index (κ1) is 20.5. The van der Waals surface area contributed by atoms with Crippen molar-refractivity contribution >= 4 is 44.2 Å². The number of likely N-dealkylation sites (N-methyl/N-ethyl adjacent to an activating group) is 1. The van der Waals surface area contributed by atoms with Crippen LogP contribution in [0, 0.1) is 5.92 Å². The second-order valence-corrected chi connectivity index (χ2v) is 9.35. The first-order chi connectivity index (χ1) is 13.8. The van der Waals surface area contributed by atoms with Crippen LogP contribution in [0.4, 0.5) is 0 Å². The highest BCUT2D eigenvalue weighted by Crippen LogP contribution is 2.33. The molecule has 29 heavy (non-hydrogen) atoms. The average molecular weight is 476 g/mol. The summed E-state index contributed by atoms with van der Waals surface area (Å²) in [7, 11) is 4.14. The van der Waals surface area contributed by atoms with Crippen LogP contribution in [-0.4, -0.2) is 42.0 Å². The summed E-state index contributed by atoms with van der Waals surface area (Å²) in [6, 6.07) is 12.0. The van der Waals surface area contributed by atoms with E-state index in [2.05, 4.69) is 52.5 Å². The van der Waals surface area contributed by atoms with Crippen molar-refractivity contribution < 1.29 is 9.53 Å². The fourth-order valence-corrected chi connectivity index (χ4v) is 4.36. The van der Waals surface area contributed by atoms with Crippen molar-refractivity contribution in [3.8, 4) is 5.75 Å². The van der Waals surface area contributed by atoms with Gasteiger partial charge in [0, 0.05) is 44.7 Å². The molecule has 0 radical (unpaired) electrons. The number of rotatable bonds is 5. The maximum absolute atomic E-state index is 13.5. The van der Waals surface area contributed by atoms with E-state index in [-0.39, 0.29) is 11.7 Å². The van der Waals surface area contributed by atoms with Crippen LogP contribution in [0.2, 0.25) is 5.02 Å². The van der Waals surface area contributed by atoms with Gasteiger partial charge in [-0.2, -0.15) is 0 Å². The molecule has 6 heteroatoms. The second kappa shape index (κ2) is 8.13. The maximum atomic E-state index is 13.5. The van der Waals surface area contributed by atoms with E-state index in [4.69, 9.17) is 16.3 Å². The summed E-state index contributed by atoms with van der Waals surface area (Å²) in [5.41, 5.74) is 2.82. The zero-order valence-corrected chi connectivity index (χ0v) is 19.1. The van der Waals surface area contributed by atoms with E-state index in [1.807, 2.05) is 36.5 Å². The number of halogens is 2. The van der Waals surface area contributed by atoms with Crippen molar-refractivity contribution in [1.82, 2.24) is 9.47 Å². The van der Waals surface area contributed by atoms with E-state index in [1.54, 1.807) is 0 Å². The highest BCUT2D eigenvalue weighted by Gasteiger charge is 2.29. The van der Waals surface area contributed by atoms with Gasteiger partial charge in [-0.25, -0.2) is 0 Å². The summed E-state index contributed by atoms with van der Waals surface area (Å²) in [5, 5.41) is 1.65. The van der Waals surface area contributed by atoms with Crippen LogP contribution in [0.25, 0.3) is 10.9 Å². The molecule has 0 saturated heterocycles. The number of nitrogens with zero attached hydrogens (tertiary/aromatic N) is 2. The Labute approximate surface area is 184 Å². The number of carbonyl (C=O) groups excluding carboxylic acids is 1. The number of carbonyl (C=O) groups is 1. The zero-order chi connectivity index (χ0) is 20.7. The normalized spacial score (nSPS) is 17.2. The van der Waals surface area contributed by atoms with E-state index in [0.717, 1.165) is 38.8 Å². The molecule has 4 rings (SSSR count). The molecule has 2 aromatic carbocycles. The Morgan fingerprint density at radius 3 is 2.86 bits per heavy atom. The van der Waals surface area contributed by atoms with Gasteiger partial charge in [-0.1, -0.05) is 33.6 Å². The molecule has 0 bridgehead atoms. The van der Waals surface area contributed by atoms with Crippen molar-refractivity contribution in [2.75, 3.05) is 20.7 Å². The Kier molecular flexibility index (Phi) is 5.74. The summed E-state index contributed by atoms with van der Waals surface area (Å²) >= 11 is 9.71. The van der Waals surface area contributed by atoms with Gasteiger partial charge in [-0.3, -0.25) is 4.79 Å². The number of hydrogen-bond donors (Lipinski definition) is 0. The lowest BCUT2D eigenvalue weighted by Crippen LogP contribution is -2.29. The van der Waals surface area contributed by atoms with Crippen molar-refractivity contribution in [1.29, 1.82) is 0 Å². The minimum atomic E-state index is -0.213. The summed E-state index contributed by atoms with van der Waals surface area (Å²) in [6.07, 6.45) is 2.65. The molecule has 0 fully saturated rings. The van der Waals surface area contributed by atoms with Crippen molar-refractivity contribution in [2.45, 2.75) is 25.9 Å². The number of benzene rings is 2. The van der Waals surface area contributed by atoms with Crippen LogP contribution in [-0.2, 0) is 13.0 Å². The van der Waals surface area contributed by atoms with Gasteiger partial charge in [-0.15, -0.1) is 0 Å². The summed E-state index contributed by atoms with van der Waals surface area (Å²) in [5.74, 6) is 0.735. The summed E-state index contributed by atoms with van der Waals surface area (Å²) in [4.78, 5) is 15.7. The van der Waals surface area contributed by atoms with Crippen molar-refractivity contribution in [2.24, 2.45) is 5.92 Å². The fourth-order valence-electron chi connectivity index (χ4n) is 3.81. The van der Waals surface area contributed by atoms with Gasteiger partial charge in [0.2, 0.25) is 0 Å². The number of ether oxygens (including phenoxy) is 1. The maximum Gasteiger partial charge on any atom is 0.171 e. The molecule has 0 aliphatic carbocycles. The highest BCUT2D eigenvalue weighted by molar-refractivity contribution is 9.10. The van der Waals surface area contributed by atoms with E-state index in [1.165, 1.54) is 0 Å². The van der Waals surface area contributed by atoms with Gasteiger partial charge >= 0.3 is 0 Å². The molecule has 0 spiro atoms. The van der Waals surface area contributed by atoms with Crippen LogP contribution in [0.15, 0.2) is 47.1 Å². The molecule has 2 heterocycles. The molecule has 0 amide bonds. The lowest BCUT2D eigenvalue weighted by atomic mass is 9.89. The predicted octanol–water partition coefficient (Wildman–Crippen LogP) is 5.44. The number of hydrogen-bond acceptors (Lipinski definition) is 3. The van der Waals surface area contributed by atoms with Crippen LogP contribution in [0.5, 0.6) is 5.75 Å². The molecule has 2 atom stereocenters. The van der Waals surface area contributed by atoms with E-state index in [9.17, 15) is 4.79 Å². The quantitative estimate of drug-likeness (QED) is 0.461. The Morgan fingerprint density at radius 2 is 2.10 bits per heavy atom. The lowest BCUT2D eigenvalue weighted by molar-refractivity contribution is 0.0856. The van der Waals surface area contributed by atoms with Crippen LogP contribution in [0.1, 0.15) is 22.8 Å². The molecular weight excluding hydrogens is 452 g/mol. The molecule has 1 aliphatic rings. The molecule has 3 aromatic rings. The van der Waals surface area contributed by atoms with Crippen molar-refractivity contribution in [3.63, 3.8) is 0 Å². The van der Waals surface area contributed by atoms with Crippen LogP contribution < -0.4 is 4.74 Å². The average Bonchev–Trinajstić information content (AvgIpc) is 3.04. The molecule has 0 saturated carbocycles. The molecule has 152 valence electrons. The minimum absolute atomic E-state index is 0.124. The molecule has 1 aromatic heterocycles. The molecule has 1 aliphatic heterocycles. The predicted molar refractivity (Wildman–Crippen MR) is 121 cm³/mol. The zero-order valence-electron chi connectivity index (χ0n) is 16.8. The molecular formula is C23H24BrClN2O2. The fraction of sp³-hybridized carbons (Fsp3) is 0.348. The first-order valence-corrected chi connectivity index (χ1v) is 10.9. The SMILES string of the molecule is C[C@@H](Cn1cc(C(=O)C2COc3ccc(Cl)cc3C2)c2ccc(Br)cc21)N(C)C.